The van der Waals surface area contributed by atoms with Gasteiger partial charge in [-0.2, -0.15) is 0 Å². The summed E-state index contributed by atoms with van der Waals surface area (Å²) >= 11 is 5.93. The molecule has 2 heterocycles. The lowest BCUT2D eigenvalue weighted by molar-refractivity contribution is 0.0891. The lowest BCUT2D eigenvalue weighted by Crippen LogP contribution is -2.43. The summed E-state index contributed by atoms with van der Waals surface area (Å²) in [5.41, 5.74) is 0.709. The van der Waals surface area contributed by atoms with Crippen LogP contribution in [0.1, 0.15) is 30.1 Å². The summed E-state index contributed by atoms with van der Waals surface area (Å²) in [6.45, 7) is 5.09. The fraction of sp³-hybridized carbons (Fsp3) is 0.600. The maximum atomic E-state index is 12.3. The second kappa shape index (κ2) is 6.62. The normalized spacial score (nSPS) is 18.3. The molecule has 2 rings (SSSR count). The first-order valence-electron chi connectivity index (χ1n) is 7.24. The monoisotopic (exact) mass is 310 g/mol. The van der Waals surface area contributed by atoms with Gasteiger partial charge in [-0.1, -0.05) is 18.5 Å². The quantitative estimate of drug-likeness (QED) is 0.837. The van der Waals surface area contributed by atoms with Crippen molar-refractivity contribution in [3.05, 3.63) is 22.8 Å². The van der Waals surface area contributed by atoms with Gasteiger partial charge in [0, 0.05) is 19.2 Å². The molecule has 1 aliphatic rings. The second-order valence-electron chi connectivity index (χ2n) is 6.11. The van der Waals surface area contributed by atoms with Crippen molar-refractivity contribution in [3.8, 4) is 0 Å². The highest BCUT2D eigenvalue weighted by molar-refractivity contribution is 6.29. The fourth-order valence-corrected chi connectivity index (χ4v) is 2.70. The van der Waals surface area contributed by atoms with Crippen molar-refractivity contribution >= 4 is 23.3 Å². The number of nitrogens with zero attached hydrogens (tertiary/aromatic N) is 2. The molecule has 6 heteroatoms. The van der Waals surface area contributed by atoms with Gasteiger partial charge in [0.15, 0.2) is 0 Å². The molecule has 0 radical (unpaired) electrons. The molecule has 0 saturated carbocycles. The summed E-state index contributed by atoms with van der Waals surface area (Å²) in [6.07, 6.45) is 2.20. The molecule has 0 bridgehead atoms. The van der Waals surface area contributed by atoms with Crippen LogP contribution in [-0.4, -0.2) is 49.5 Å². The number of nitrogens with one attached hydrogen (secondary N) is 2. The number of aromatic nitrogens is 1. The molecule has 1 fully saturated rings. The molecule has 1 aromatic rings. The third-order valence-electron chi connectivity index (χ3n) is 4.18. The zero-order chi connectivity index (χ0) is 15.5. The van der Waals surface area contributed by atoms with Crippen LogP contribution in [0, 0.1) is 5.41 Å². The van der Waals surface area contributed by atoms with E-state index in [1.807, 2.05) is 0 Å². The lowest BCUT2D eigenvalue weighted by atomic mass is 9.80. The fourth-order valence-electron chi connectivity index (χ4n) is 2.49. The number of hydrogen-bond donors (Lipinski definition) is 2. The minimum atomic E-state index is -0.101. The number of pyridine rings is 1. The van der Waals surface area contributed by atoms with Gasteiger partial charge in [-0.3, -0.25) is 4.79 Å². The molecule has 0 atom stereocenters. The molecule has 2 N–H and O–H groups in total. The molecule has 21 heavy (non-hydrogen) atoms. The summed E-state index contributed by atoms with van der Waals surface area (Å²) in [4.78, 5) is 18.7. The van der Waals surface area contributed by atoms with Crippen molar-refractivity contribution < 1.29 is 4.79 Å². The Balaban J connectivity index is 1.97. The molecule has 0 aromatic carbocycles. The number of amides is 1. The summed E-state index contributed by atoms with van der Waals surface area (Å²) in [6, 6.07) is 3.30. The van der Waals surface area contributed by atoms with Gasteiger partial charge in [-0.05, 0) is 50.5 Å². The largest absolute Gasteiger partial charge is 0.373 e. The van der Waals surface area contributed by atoms with Crippen LogP contribution in [0.2, 0.25) is 5.15 Å². The van der Waals surface area contributed by atoms with E-state index in [-0.39, 0.29) is 11.3 Å². The van der Waals surface area contributed by atoms with Gasteiger partial charge in [0.2, 0.25) is 0 Å². The minimum absolute atomic E-state index is 0.101. The number of carbonyl (C=O) groups excluding carboxylic acids is 1. The van der Waals surface area contributed by atoms with Gasteiger partial charge in [-0.25, -0.2) is 4.98 Å². The van der Waals surface area contributed by atoms with E-state index in [1.165, 1.54) is 0 Å². The Bertz CT molecular complexity index is 512. The van der Waals surface area contributed by atoms with E-state index in [2.05, 4.69) is 34.5 Å². The smallest absolute Gasteiger partial charge is 0.251 e. The molecule has 5 nitrogen and oxygen atoms in total. The van der Waals surface area contributed by atoms with Crippen LogP contribution in [0.3, 0.4) is 0 Å². The molecule has 0 unspecified atom stereocenters. The van der Waals surface area contributed by atoms with Gasteiger partial charge < -0.3 is 15.5 Å². The van der Waals surface area contributed by atoms with Crippen LogP contribution in [0.5, 0.6) is 0 Å². The van der Waals surface area contributed by atoms with E-state index >= 15 is 0 Å². The molecule has 1 aromatic heterocycles. The Morgan fingerprint density at radius 2 is 2.10 bits per heavy atom. The van der Waals surface area contributed by atoms with Gasteiger partial charge in [0.05, 0.1) is 0 Å². The average Bonchev–Trinajstić information content (AvgIpc) is 2.47. The van der Waals surface area contributed by atoms with Crippen LogP contribution in [0.15, 0.2) is 12.1 Å². The Morgan fingerprint density at radius 3 is 2.71 bits per heavy atom. The van der Waals surface area contributed by atoms with E-state index in [4.69, 9.17) is 11.6 Å². The van der Waals surface area contributed by atoms with Crippen molar-refractivity contribution in [1.82, 2.24) is 15.2 Å². The number of hydrogen-bond acceptors (Lipinski definition) is 4. The average molecular weight is 311 g/mol. The Kier molecular flexibility index (Phi) is 5.06. The molecule has 0 spiro atoms. The van der Waals surface area contributed by atoms with E-state index in [9.17, 15) is 4.79 Å². The van der Waals surface area contributed by atoms with E-state index in [0.717, 1.165) is 25.9 Å². The van der Waals surface area contributed by atoms with Crippen molar-refractivity contribution in [2.24, 2.45) is 5.41 Å². The summed E-state index contributed by atoms with van der Waals surface area (Å²) in [5.74, 6) is 0.495. The van der Waals surface area contributed by atoms with Gasteiger partial charge >= 0.3 is 0 Å². The zero-order valence-electron chi connectivity index (χ0n) is 12.9. The number of carbonyl (C=O) groups is 1. The Morgan fingerprint density at radius 1 is 1.43 bits per heavy atom. The summed E-state index contributed by atoms with van der Waals surface area (Å²) < 4.78 is 0. The van der Waals surface area contributed by atoms with Crippen LogP contribution in [0.4, 0.5) is 5.82 Å². The van der Waals surface area contributed by atoms with E-state index < -0.39 is 0 Å². The molecule has 1 saturated heterocycles. The van der Waals surface area contributed by atoms with Crippen LogP contribution in [0.25, 0.3) is 0 Å². The SMILES string of the molecule is CNc1cc(C(=O)NCC2(C)CCN(C)CC2)cc(Cl)n1. The molecule has 116 valence electrons. The number of likely N-dealkylation sites (tertiary alicyclic amines) is 1. The van der Waals surface area contributed by atoms with Crippen molar-refractivity contribution in [1.29, 1.82) is 0 Å². The van der Waals surface area contributed by atoms with E-state index in [0.29, 0.717) is 23.1 Å². The highest BCUT2D eigenvalue weighted by Gasteiger charge is 2.29. The number of halogens is 1. The number of piperidine rings is 1. The maximum absolute atomic E-state index is 12.3. The first-order valence-corrected chi connectivity index (χ1v) is 7.62. The number of anilines is 1. The van der Waals surface area contributed by atoms with Crippen LogP contribution in [-0.2, 0) is 0 Å². The van der Waals surface area contributed by atoms with Crippen molar-refractivity contribution in [2.45, 2.75) is 19.8 Å². The zero-order valence-corrected chi connectivity index (χ0v) is 13.6. The Hall–Kier alpha value is -1.33. The molecule has 1 amide bonds. The van der Waals surface area contributed by atoms with Crippen molar-refractivity contribution in [2.75, 3.05) is 39.0 Å². The third-order valence-corrected chi connectivity index (χ3v) is 4.38. The minimum Gasteiger partial charge on any atom is -0.373 e. The van der Waals surface area contributed by atoms with Gasteiger partial charge in [0.1, 0.15) is 11.0 Å². The molecular formula is C15H23ClN4O. The Labute approximate surface area is 131 Å². The van der Waals surface area contributed by atoms with Crippen LogP contribution < -0.4 is 10.6 Å². The lowest BCUT2D eigenvalue weighted by Gasteiger charge is -2.37. The summed E-state index contributed by atoms with van der Waals surface area (Å²) in [5, 5.41) is 6.25. The predicted octanol–water partition coefficient (Wildman–Crippen LogP) is 2.24. The standard InChI is InChI=1S/C15H23ClN4O/c1-15(4-6-20(3)7-5-15)10-18-14(21)11-8-12(16)19-13(9-11)17-2/h8-9H,4-7,10H2,1-3H3,(H,17,19)(H,18,21). The van der Waals surface area contributed by atoms with E-state index in [1.54, 1.807) is 19.2 Å². The first kappa shape index (κ1) is 16.0. The highest BCUT2D eigenvalue weighted by atomic mass is 35.5. The third kappa shape index (κ3) is 4.32. The van der Waals surface area contributed by atoms with Gasteiger partial charge in [-0.15, -0.1) is 0 Å². The predicted molar refractivity (Wildman–Crippen MR) is 86.0 cm³/mol. The molecular weight excluding hydrogens is 288 g/mol. The molecule has 1 aliphatic heterocycles. The maximum Gasteiger partial charge on any atom is 0.251 e. The second-order valence-corrected chi connectivity index (χ2v) is 6.50. The first-order chi connectivity index (χ1) is 9.92. The molecule has 0 aliphatic carbocycles. The van der Waals surface area contributed by atoms with Crippen molar-refractivity contribution in [3.63, 3.8) is 0 Å². The van der Waals surface area contributed by atoms with Gasteiger partial charge in [0.25, 0.3) is 5.91 Å². The summed E-state index contributed by atoms with van der Waals surface area (Å²) in [7, 11) is 3.89. The number of rotatable bonds is 4. The topological polar surface area (TPSA) is 57.3 Å². The highest BCUT2D eigenvalue weighted by Crippen LogP contribution is 2.29. The van der Waals surface area contributed by atoms with Crippen LogP contribution >= 0.6 is 11.6 Å².